The largest absolute Gasteiger partial charge is 0.480 e. The van der Waals surface area contributed by atoms with Crippen molar-refractivity contribution < 1.29 is 24.2 Å². The number of carboxylic acid groups (broad SMARTS) is 1. The number of hydrogen-bond acceptors (Lipinski definition) is 3. The molecule has 0 spiro atoms. The zero-order valence-electron chi connectivity index (χ0n) is 10.1. The maximum absolute atomic E-state index is 12.9. The number of aliphatic hydroxyl groups excluding tert-OH is 1. The van der Waals surface area contributed by atoms with Crippen molar-refractivity contribution in [2.45, 2.75) is 19.0 Å². The topological polar surface area (TPSA) is 98.7 Å². The summed E-state index contributed by atoms with van der Waals surface area (Å²) < 4.78 is 12.9. The highest BCUT2D eigenvalue weighted by Crippen LogP contribution is 2.02. The molecule has 0 aliphatic heterocycles. The van der Waals surface area contributed by atoms with Crippen LogP contribution in [0.15, 0.2) is 24.3 Å². The Morgan fingerprint density at radius 2 is 2.11 bits per heavy atom. The highest BCUT2D eigenvalue weighted by molar-refractivity contribution is 5.82. The number of aliphatic hydroxyl groups is 1. The van der Waals surface area contributed by atoms with Gasteiger partial charge in [-0.25, -0.2) is 14.0 Å². The number of amides is 2. The third-order valence-corrected chi connectivity index (χ3v) is 2.36. The lowest BCUT2D eigenvalue weighted by atomic mass is 10.2. The van der Waals surface area contributed by atoms with Crippen LogP contribution in [0, 0.1) is 5.82 Å². The summed E-state index contributed by atoms with van der Waals surface area (Å²) in [6, 6.07) is 3.85. The van der Waals surface area contributed by atoms with Crippen LogP contribution >= 0.6 is 0 Å². The average molecular weight is 270 g/mol. The summed E-state index contributed by atoms with van der Waals surface area (Å²) in [5.74, 6) is -1.64. The van der Waals surface area contributed by atoms with Crippen LogP contribution in [0.1, 0.15) is 12.0 Å². The van der Waals surface area contributed by atoms with Gasteiger partial charge in [0.2, 0.25) is 0 Å². The van der Waals surface area contributed by atoms with Crippen molar-refractivity contribution in [1.82, 2.24) is 10.6 Å². The van der Waals surface area contributed by atoms with Crippen molar-refractivity contribution in [1.29, 1.82) is 0 Å². The Morgan fingerprint density at radius 3 is 2.68 bits per heavy atom. The second kappa shape index (κ2) is 7.32. The number of hydrogen-bond donors (Lipinski definition) is 4. The molecular weight excluding hydrogens is 255 g/mol. The quantitative estimate of drug-likeness (QED) is 0.603. The molecule has 2 amide bonds. The molecule has 1 aromatic rings. The molecule has 0 radical (unpaired) electrons. The lowest BCUT2D eigenvalue weighted by Crippen LogP contribution is -2.46. The van der Waals surface area contributed by atoms with E-state index in [4.69, 9.17) is 10.2 Å². The number of aliphatic carboxylic acids is 1. The molecule has 0 heterocycles. The first-order chi connectivity index (χ1) is 9.02. The number of nitrogens with one attached hydrogen (secondary N) is 2. The minimum atomic E-state index is -1.23. The summed E-state index contributed by atoms with van der Waals surface area (Å²) in [6.45, 7) is -0.268. The Kier molecular flexibility index (Phi) is 5.74. The zero-order valence-corrected chi connectivity index (χ0v) is 10.1. The third-order valence-electron chi connectivity index (χ3n) is 2.36. The first-order valence-electron chi connectivity index (χ1n) is 5.65. The summed E-state index contributed by atoms with van der Waals surface area (Å²) in [7, 11) is 0. The molecule has 7 heteroatoms. The van der Waals surface area contributed by atoms with Crippen molar-refractivity contribution in [2.75, 3.05) is 6.61 Å². The van der Waals surface area contributed by atoms with Gasteiger partial charge in [0.1, 0.15) is 11.9 Å². The van der Waals surface area contributed by atoms with E-state index in [0.717, 1.165) is 0 Å². The van der Waals surface area contributed by atoms with Gasteiger partial charge in [-0.15, -0.1) is 0 Å². The second-order valence-electron chi connectivity index (χ2n) is 3.86. The molecule has 1 rings (SSSR count). The van der Waals surface area contributed by atoms with Crippen LogP contribution in [-0.2, 0) is 11.3 Å². The molecule has 6 nitrogen and oxygen atoms in total. The molecule has 0 saturated carbocycles. The Bertz CT molecular complexity index is 453. The smallest absolute Gasteiger partial charge is 0.326 e. The minimum absolute atomic E-state index is 0.0784. The molecule has 0 fully saturated rings. The normalized spacial score (nSPS) is 11.7. The number of rotatable bonds is 6. The van der Waals surface area contributed by atoms with E-state index in [2.05, 4.69) is 10.6 Å². The van der Waals surface area contributed by atoms with Crippen LogP contribution in [0.4, 0.5) is 9.18 Å². The molecule has 0 saturated heterocycles. The maximum atomic E-state index is 12.9. The first kappa shape index (κ1) is 14.9. The number of carboxylic acids is 1. The predicted molar refractivity (Wildman–Crippen MR) is 64.9 cm³/mol. The van der Waals surface area contributed by atoms with Gasteiger partial charge in [0.15, 0.2) is 0 Å². The highest BCUT2D eigenvalue weighted by atomic mass is 19.1. The molecule has 104 valence electrons. The molecule has 1 atom stereocenters. The van der Waals surface area contributed by atoms with Crippen molar-refractivity contribution in [3.05, 3.63) is 35.6 Å². The van der Waals surface area contributed by atoms with E-state index in [1.807, 2.05) is 0 Å². The number of halogens is 1. The van der Waals surface area contributed by atoms with E-state index < -0.39 is 23.9 Å². The SMILES string of the molecule is O=C(NCc1cccc(F)c1)N[C@H](CCO)C(=O)O. The van der Waals surface area contributed by atoms with Crippen LogP contribution in [-0.4, -0.2) is 34.9 Å². The molecule has 0 bridgehead atoms. The molecule has 0 aliphatic carbocycles. The summed E-state index contributed by atoms with van der Waals surface area (Å²) >= 11 is 0. The Labute approximate surface area is 109 Å². The minimum Gasteiger partial charge on any atom is -0.480 e. The average Bonchev–Trinajstić information content (AvgIpc) is 2.36. The third kappa shape index (κ3) is 5.35. The van der Waals surface area contributed by atoms with Crippen molar-refractivity contribution in [3.8, 4) is 0 Å². The van der Waals surface area contributed by atoms with Crippen LogP contribution < -0.4 is 10.6 Å². The highest BCUT2D eigenvalue weighted by Gasteiger charge is 2.18. The van der Waals surface area contributed by atoms with Gasteiger partial charge in [-0.1, -0.05) is 12.1 Å². The fourth-order valence-electron chi connectivity index (χ4n) is 1.43. The van der Waals surface area contributed by atoms with Crippen LogP contribution in [0.5, 0.6) is 0 Å². The monoisotopic (exact) mass is 270 g/mol. The van der Waals surface area contributed by atoms with Crippen molar-refractivity contribution in [3.63, 3.8) is 0 Å². The molecular formula is C12H15FN2O4. The van der Waals surface area contributed by atoms with E-state index in [1.165, 1.54) is 18.2 Å². The fraction of sp³-hybridized carbons (Fsp3) is 0.333. The molecule has 19 heavy (non-hydrogen) atoms. The van der Waals surface area contributed by atoms with Gasteiger partial charge in [-0.2, -0.15) is 0 Å². The Morgan fingerprint density at radius 1 is 1.37 bits per heavy atom. The Hall–Kier alpha value is -2.15. The molecule has 0 unspecified atom stereocenters. The first-order valence-corrected chi connectivity index (χ1v) is 5.65. The number of carbonyl (C=O) groups is 2. The van der Waals surface area contributed by atoms with Gasteiger partial charge >= 0.3 is 12.0 Å². The summed E-state index contributed by atoms with van der Waals surface area (Å²) in [5.41, 5.74) is 0.559. The summed E-state index contributed by atoms with van der Waals surface area (Å²) in [6.07, 6.45) is -0.0806. The van der Waals surface area contributed by atoms with Crippen LogP contribution in [0.25, 0.3) is 0 Å². The van der Waals surface area contributed by atoms with E-state index in [9.17, 15) is 14.0 Å². The van der Waals surface area contributed by atoms with Gasteiger partial charge in [-0.05, 0) is 17.7 Å². The van der Waals surface area contributed by atoms with Crippen LogP contribution in [0.2, 0.25) is 0 Å². The molecule has 0 aliphatic rings. The Balaban J connectivity index is 2.44. The van der Waals surface area contributed by atoms with Gasteiger partial charge in [-0.3, -0.25) is 0 Å². The maximum Gasteiger partial charge on any atom is 0.326 e. The summed E-state index contributed by atoms with van der Waals surface area (Å²) in [5, 5.41) is 22.0. The zero-order chi connectivity index (χ0) is 14.3. The molecule has 1 aromatic carbocycles. The van der Waals surface area contributed by atoms with Gasteiger partial charge in [0, 0.05) is 19.6 Å². The lowest BCUT2D eigenvalue weighted by molar-refractivity contribution is -0.139. The van der Waals surface area contributed by atoms with Gasteiger partial charge < -0.3 is 20.8 Å². The van der Waals surface area contributed by atoms with E-state index in [1.54, 1.807) is 6.07 Å². The molecule has 4 N–H and O–H groups in total. The number of urea groups is 1. The van der Waals surface area contributed by atoms with E-state index in [-0.39, 0.29) is 19.6 Å². The van der Waals surface area contributed by atoms with Crippen molar-refractivity contribution >= 4 is 12.0 Å². The van der Waals surface area contributed by atoms with Gasteiger partial charge in [0.25, 0.3) is 0 Å². The summed E-state index contributed by atoms with van der Waals surface area (Å²) in [4.78, 5) is 22.2. The number of carbonyl (C=O) groups excluding carboxylic acids is 1. The fourth-order valence-corrected chi connectivity index (χ4v) is 1.43. The second-order valence-corrected chi connectivity index (χ2v) is 3.86. The van der Waals surface area contributed by atoms with Gasteiger partial charge in [0.05, 0.1) is 0 Å². The predicted octanol–water partition coefficient (Wildman–Crippen LogP) is 0.460. The van der Waals surface area contributed by atoms with E-state index in [0.29, 0.717) is 5.56 Å². The van der Waals surface area contributed by atoms with Crippen LogP contribution in [0.3, 0.4) is 0 Å². The van der Waals surface area contributed by atoms with Crippen molar-refractivity contribution in [2.24, 2.45) is 0 Å². The standard InChI is InChI=1S/C12H15FN2O4/c13-9-3-1-2-8(6-9)7-14-12(19)15-10(4-5-16)11(17)18/h1-3,6,10,16H,4-5,7H2,(H,17,18)(H2,14,15,19)/t10-/m1/s1. The van der Waals surface area contributed by atoms with E-state index >= 15 is 0 Å². The lowest BCUT2D eigenvalue weighted by Gasteiger charge is -2.14. The molecule has 0 aromatic heterocycles. The number of benzene rings is 1.